The van der Waals surface area contributed by atoms with Crippen LogP contribution in [0.15, 0.2) is 60.7 Å². The summed E-state index contributed by atoms with van der Waals surface area (Å²) in [6.45, 7) is 6.18. The first-order valence-corrected chi connectivity index (χ1v) is 17.2. The van der Waals surface area contributed by atoms with E-state index in [0.29, 0.717) is 57.2 Å². The predicted octanol–water partition coefficient (Wildman–Crippen LogP) is 5.08. The maximum Gasteiger partial charge on any atom is 0.269 e. The van der Waals surface area contributed by atoms with Gasteiger partial charge in [0.05, 0.1) is 31.1 Å². The number of piperazine rings is 1. The molecule has 1 aliphatic heterocycles. The molecule has 1 saturated heterocycles. The highest BCUT2D eigenvalue weighted by Gasteiger charge is 2.23. The molecule has 5 rings (SSSR count). The zero-order valence-electron chi connectivity index (χ0n) is 30.3. The van der Waals surface area contributed by atoms with Gasteiger partial charge in [0.25, 0.3) is 17.7 Å². The number of carbonyl (C=O) groups is 4. The summed E-state index contributed by atoms with van der Waals surface area (Å²) >= 11 is 0. The highest BCUT2D eigenvalue weighted by atomic mass is 16.5. The van der Waals surface area contributed by atoms with E-state index in [-0.39, 0.29) is 23.8 Å². The molecular formula is C39H48N6O6. The van der Waals surface area contributed by atoms with Crippen molar-refractivity contribution in [1.82, 2.24) is 19.7 Å². The molecule has 4 aromatic rings. The average Bonchev–Trinajstić information content (AvgIpc) is 3.57. The van der Waals surface area contributed by atoms with E-state index in [2.05, 4.69) is 27.1 Å². The largest absolute Gasteiger partial charge is 0.495 e. The number of ether oxygens (including phenoxy) is 2. The van der Waals surface area contributed by atoms with E-state index in [4.69, 9.17) is 9.47 Å². The fourth-order valence-electron chi connectivity index (χ4n) is 6.27. The number of rotatable bonds is 14. The van der Waals surface area contributed by atoms with Crippen LogP contribution in [0.25, 0.3) is 10.9 Å². The standard InChI is InChI=1S/C39H48N6O6/c1-26-13-16-34(36(22-26)51-21-8-7-10-28(25-46)45-19-17-43(4)18-20-45)44(5)38(48)27-14-15-32(35(23-27)50-6)41-37(47)29-11-9-12-31-30(29)24-33(40-31)39(49)42(2)3/h9,11-16,22-25,28,40H,7-8,10,17-21H2,1-6H3,(H,41,47). The van der Waals surface area contributed by atoms with Crippen molar-refractivity contribution in [3.05, 3.63) is 83.0 Å². The van der Waals surface area contributed by atoms with E-state index in [9.17, 15) is 19.2 Å². The lowest BCUT2D eigenvalue weighted by Crippen LogP contribution is -2.49. The minimum atomic E-state index is -0.389. The Kier molecular flexibility index (Phi) is 12.1. The van der Waals surface area contributed by atoms with E-state index >= 15 is 0 Å². The second kappa shape index (κ2) is 16.7. The first-order chi connectivity index (χ1) is 24.5. The summed E-state index contributed by atoms with van der Waals surface area (Å²) in [5, 5.41) is 3.51. The molecule has 12 heteroatoms. The molecule has 0 radical (unpaired) electrons. The van der Waals surface area contributed by atoms with Crippen LogP contribution in [-0.2, 0) is 4.79 Å². The van der Waals surface area contributed by atoms with Gasteiger partial charge in [0.15, 0.2) is 0 Å². The van der Waals surface area contributed by atoms with Gasteiger partial charge in [-0.25, -0.2) is 0 Å². The summed E-state index contributed by atoms with van der Waals surface area (Å²) in [6.07, 6.45) is 3.48. The number of unbranched alkanes of at least 4 members (excludes halogenated alkanes) is 1. The average molecular weight is 697 g/mol. The van der Waals surface area contributed by atoms with E-state index in [1.807, 2.05) is 25.1 Å². The van der Waals surface area contributed by atoms with Crippen molar-refractivity contribution in [1.29, 1.82) is 0 Å². The van der Waals surface area contributed by atoms with E-state index in [1.165, 1.54) is 16.9 Å². The number of likely N-dealkylation sites (N-methyl/N-ethyl adjacent to an activating group) is 1. The van der Waals surface area contributed by atoms with Crippen molar-refractivity contribution < 1.29 is 28.7 Å². The van der Waals surface area contributed by atoms with Crippen LogP contribution in [-0.4, -0.2) is 118 Å². The number of nitrogens with one attached hydrogen (secondary N) is 2. The van der Waals surface area contributed by atoms with Crippen LogP contribution >= 0.6 is 0 Å². The number of amides is 3. The highest BCUT2D eigenvalue weighted by Crippen LogP contribution is 2.32. The third-order valence-electron chi connectivity index (χ3n) is 9.34. The Morgan fingerprint density at radius 1 is 0.941 bits per heavy atom. The molecule has 1 aromatic heterocycles. The Bertz CT molecular complexity index is 1880. The molecule has 1 atom stereocenters. The van der Waals surface area contributed by atoms with E-state index < -0.39 is 0 Å². The molecule has 3 amide bonds. The van der Waals surface area contributed by atoms with E-state index in [1.54, 1.807) is 63.6 Å². The zero-order chi connectivity index (χ0) is 36.7. The Balaban J connectivity index is 1.24. The summed E-state index contributed by atoms with van der Waals surface area (Å²) in [7, 11) is 8.60. The first kappa shape index (κ1) is 37.1. The minimum absolute atomic E-state index is 0.0737. The molecule has 0 bridgehead atoms. The van der Waals surface area contributed by atoms with E-state index in [0.717, 1.165) is 57.3 Å². The summed E-state index contributed by atoms with van der Waals surface area (Å²) in [5.41, 5.74) is 3.81. The van der Waals surface area contributed by atoms with Gasteiger partial charge in [-0.3, -0.25) is 19.3 Å². The molecule has 0 aliphatic carbocycles. The number of anilines is 2. The smallest absolute Gasteiger partial charge is 0.269 e. The Morgan fingerprint density at radius 2 is 1.71 bits per heavy atom. The second-order valence-electron chi connectivity index (χ2n) is 13.2. The number of nitrogens with zero attached hydrogens (tertiary/aromatic N) is 4. The molecule has 12 nitrogen and oxygen atoms in total. The van der Waals surface area contributed by atoms with Gasteiger partial charge in [0.2, 0.25) is 0 Å². The summed E-state index contributed by atoms with van der Waals surface area (Å²) < 4.78 is 11.8. The number of aromatic amines is 1. The number of benzene rings is 3. The van der Waals surface area contributed by atoms with Gasteiger partial charge < -0.3 is 39.3 Å². The highest BCUT2D eigenvalue weighted by molar-refractivity contribution is 6.14. The van der Waals surface area contributed by atoms with Gasteiger partial charge in [-0.1, -0.05) is 12.1 Å². The maximum atomic E-state index is 13.8. The number of carbonyl (C=O) groups excluding carboxylic acids is 4. The Labute approximate surface area is 299 Å². The lowest BCUT2D eigenvalue weighted by molar-refractivity contribution is -0.113. The summed E-state index contributed by atoms with van der Waals surface area (Å²) in [4.78, 5) is 62.2. The van der Waals surface area contributed by atoms with Gasteiger partial charge >= 0.3 is 0 Å². The number of aldehydes is 1. The molecule has 2 N–H and O–H groups in total. The molecule has 1 fully saturated rings. The van der Waals surface area contributed by atoms with Crippen molar-refractivity contribution in [3.63, 3.8) is 0 Å². The number of methoxy groups -OCH3 is 1. The third-order valence-corrected chi connectivity index (χ3v) is 9.34. The van der Waals surface area contributed by atoms with Crippen LogP contribution in [0.2, 0.25) is 0 Å². The molecule has 270 valence electrons. The molecule has 0 spiro atoms. The van der Waals surface area contributed by atoms with Crippen LogP contribution in [0, 0.1) is 6.92 Å². The fourth-order valence-corrected chi connectivity index (χ4v) is 6.27. The predicted molar refractivity (Wildman–Crippen MR) is 199 cm³/mol. The van der Waals surface area contributed by atoms with Crippen LogP contribution in [0.4, 0.5) is 11.4 Å². The molecule has 3 aromatic carbocycles. The number of H-pyrrole nitrogens is 1. The van der Waals surface area contributed by atoms with Crippen molar-refractivity contribution in [3.8, 4) is 11.5 Å². The van der Waals surface area contributed by atoms with Crippen LogP contribution < -0.4 is 19.7 Å². The molecule has 2 heterocycles. The molecular weight excluding hydrogens is 648 g/mol. The van der Waals surface area contributed by atoms with Crippen molar-refractivity contribution >= 4 is 46.3 Å². The number of hydrogen-bond acceptors (Lipinski definition) is 8. The zero-order valence-corrected chi connectivity index (χ0v) is 30.3. The molecule has 0 saturated carbocycles. The quantitative estimate of drug-likeness (QED) is 0.138. The first-order valence-electron chi connectivity index (χ1n) is 17.2. The molecule has 1 unspecified atom stereocenters. The Hall–Kier alpha value is -5.20. The SMILES string of the molecule is COc1cc(C(=O)N(C)c2ccc(C)cc2OCCCCC(C=O)N2CCN(C)CC2)ccc1NC(=O)c1cccc2[nH]c(C(=O)N(C)C)cc12. The number of hydrogen-bond donors (Lipinski definition) is 2. The van der Waals surface area contributed by atoms with Gasteiger partial charge in [-0.15, -0.1) is 0 Å². The lowest BCUT2D eigenvalue weighted by Gasteiger charge is -2.35. The van der Waals surface area contributed by atoms with Gasteiger partial charge in [-0.2, -0.15) is 0 Å². The summed E-state index contributed by atoms with van der Waals surface area (Å²) in [6, 6.07) is 17.4. The molecule has 51 heavy (non-hydrogen) atoms. The second-order valence-corrected chi connectivity index (χ2v) is 13.2. The van der Waals surface area contributed by atoms with Gasteiger partial charge in [0.1, 0.15) is 23.5 Å². The van der Waals surface area contributed by atoms with Crippen LogP contribution in [0.5, 0.6) is 11.5 Å². The van der Waals surface area contributed by atoms with Crippen LogP contribution in [0.3, 0.4) is 0 Å². The fraction of sp³-hybridized carbons (Fsp3) is 0.385. The topological polar surface area (TPSA) is 128 Å². The minimum Gasteiger partial charge on any atom is -0.495 e. The Morgan fingerprint density at radius 3 is 2.41 bits per heavy atom. The van der Waals surface area contributed by atoms with Crippen molar-refractivity contribution in [2.45, 2.75) is 32.2 Å². The van der Waals surface area contributed by atoms with Crippen molar-refractivity contribution in [2.75, 3.05) is 78.3 Å². The monoisotopic (exact) mass is 696 g/mol. The normalized spacial score (nSPS) is 14.2. The molecule has 1 aliphatic rings. The number of aryl methyl sites for hydroxylation is 1. The lowest BCUT2D eigenvalue weighted by atomic mass is 10.1. The third kappa shape index (κ3) is 8.76. The summed E-state index contributed by atoms with van der Waals surface area (Å²) in [5.74, 6) is 0.0474. The maximum absolute atomic E-state index is 13.8. The van der Waals surface area contributed by atoms with Gasteiger partial charge in [-0.05, 0) is 87.3 Å². The van der Waals surface area contributed by atoms with Crippen LogP contribution in [0.1, 0.15) is 56.0 Å². The number of fused-ring (bicyclic) bond motifs is 1. The van der Waals surface area contributed by atoms with Gasteiger partial charge in [0, 0.05) is 69.4 Å². The van der Waals surface area contributed by atoms with Crippen molar-refractivity contribution in [2.24, 2.45) is 0 Å². The number of aromatic nitrogens is 1.